The molecule has 2 aromatic carbocycles. The van der Waals surface area contributed by atoms with Gasteiger partial charge in [0.1, 0.15) is 0 Å². The molecule has 0 spiro atoms. The second kappa shape index (κ2) is 6.65. The van der Waals surface area contributed by atoms with Crippen LogP contribution >= 0.6 is 0 Å². The summed E-state index contributed by atoms with van der Waals surface area (Å²) in [5, 5.41) is 5.61. The molecule has 0 fully saturated rings. The average molecular weight is 361 g/mol. The lowest BCUT2D eigenvalue weighted by Crippen LogP contribution is -2.34. The standard InChI is InChI=1S/C22H23N3O2/c1-14(2)25-21(26)18-11-7-6-10-17(18)20(23-25)22(27)24(3)19-13-12-15-8-4-5-9-16(15)19/h4-11,14,19H,12-13H2,1-3H3. The van der Waals surface area contributed by atoms with Gasteiger partial charge in [-0.2, -0.15) is 5.10 Å². The summed E-state index contributed by atoms with van der Waals surface area (Å²) in [6.07, 6.45) is 1.88. The van der Waals surface area contributed by atoms with Crippen LogP contribution in [0.1, 0.15) is 54.0 Å². The molecule has 0 saturated heterocycles. The van der Waals surface area contributed by atoms with Gasteiger partial charge >= 0.3 is 0 Å². The smallest absolute Gasteiger partial charge is 0.275 e. The number of hydrogen-bond donors (Lipinski definition) is 0. The Hall–Kier alpha value is -2.95. The normalized spacial score (nSPS) is 15.9. The highest BCUT2D eigenvalue weighted by atomic mass is 16.2. The molecule has 1 heterocycles. The summed E-state index contributed by atoms with van der Waals surface area (Å²) >= 11 is 0. The molecule has 27 heavy (non-hydrogen) atoms. The minimum atomic E-state index is -0.161. The average Bonchev–Trinajstić information content (AvgIpc) is 3.11. The Balaban J connectivity index is 1.81. The van der Waals surface area contributed by atoms with Crippen LogP contribution in [-0.4, -0.2) is 27.6 Å². The molecule has 1 aliphatic rings. The molecule has 0 bridgehead atoms. The number of carbonyl (C=O) groups is 1. The molecule has 1 amide bonds. The largest absolute Gasteiger partial charge is 0.333 e. The molecule has 0 N–H and O–H groups in total. The number of hydrogen-bond acceptors (Lipinski definition) is 3. The van der Waals surface area contributed by atoms with Crippen molar-refractivity contribution in [2.75, 3.05) is 7.05 Å². The Morgan fingerprint density at radius 1 is 1.11 bits per heavy atom. The van der Waals surface area contributed by atoms with Crippen molar-refractivity contribution in [2.24, 2.45) is 0 Å². The molecule has 4 rings (SSSR count). The van der Waals surface area contributed by atoms with Crippen LogP contribution < -0.4 is 5.56 Å². The molecular weight excluding hydrogens is 338 g/mol. The molecule has 1 aromatic heterocycles. The van der Waals surface area contributed by atoms with Gasteiger partial charge in [0, 0.05) is 12.4 Å². The zero-order valence-corrected chi connectivity index (χ0v) is 15.8. The maximum atomic E-state index is 13.4. The zero-order valence-electron chi connectivity index (χ0n) is 15.8. The summed E-state index contributed by atoms with van der Waals surface area (Å²) in [5.74, 6) is -0.151. The summed E-state index contributed by atoms with van der Waals surface area (Å²) in [6, 6.07) is 15.4. The Morgan fingerprint density at radius 3 is 2.52 bits per heavy atom. The Kier molecular flexibility index (Phi) is 4.30. The minimum absolute atomic E-state index is 0.0358. The van der Waals surface area contributed by atoms with E-state index in [0.29, 0.717) is 16.5 Å². The molecule has 5 nitrogen and oxygen atoms in total. The van der Waals surface area contributed by atoms with E-state index in [1.54, 1.807) is 17.0 Å². The monoisotopic (exact) mass is 361 g/mol. The Morgan fingerprint density at radius 2 is 1.78 bits per heavy atom. The first-order valence-corrected chi connectivity index (χ1v) is 9.35. The summed E-state index contributed by atoms with van der Waals surface area (Å²) in [5.41, 5.74) is 2.68. The van der Waals surface area contributed by atoms with Crippen molar-refractivity contribution in [1.29, 1.82) is 0 Å². The van der Waals surface area contributed by atoms with Crippen LogP contribution in [-0.2, 0) is 6.42 Å². The number of benzene rings is 2. The fourth-order valence-corrected chi connectivity index (χ4v) is 3.96. The zero-order chi connectivity index (χ0) is 19.1. The highest BCUT2D eigenvalue weighted by Crippen LogP contribution is 2.35. The number of nitrogens with zero attached hydrogens (tertiary/aromatic N) is 3. The lowest BCUT2D eigenvalue weighted by Gasteiger charge is -2.26. The number of aromatic nitrogens is 2. The molecule has 3 aromatic rings. The number of rotatable bonds is 3. The maximum Gasteiger partial charge on any atom is 0.275 e. The van der Waals surface area contributed by atoms with E-state index in [0.717, 1.165) is 12.8 Å². The lowest BCUT2D eigenvalue weighted by molar-refractivity contribution is 0.0724. The first kappa shape index (κ1) is 17.5. The molecular formula is C22H23N3O2. The van der Waals surface area contributed by atoms with E-state index in [1.807, 2.05) is 45.2 Å². The number of amides is 1. The van der Waals surface area contributed by atoms with Crippen LogP contribution in [0.2, 0.25) is 0 Å². The summed E-state index contributed by atoms with van der Waals surface area (Å²) in [6.45, 7) is 3.79. The van der Waals surface area contributed by atoms with Gasteiger partial charge in [-0.3, -0.25) is 9.59 Å². The highest BCUT2D eigenvalue weighted by Gasteiger charge is 2.30. The van der Waals surface area contributed by atoms with Crippen molar-refractivity contribution in [1.82, 2.24) is 14.7 Å². The van der Waals surface area contributed by atoms with Crippen LogP contribution in [0.25, 0.3) is 10.8 Å². The third-order valence-electron chi connectivity index (χ3n) is 5.41. The molecule has 5 heteroatoms. The summed E-state index contributed by atoms with van der Waals surface area (Å²) < 4.78 is 1.41. The van der Waals surface area contributed by atoms with Gasteiger partial charge in [-0.15, -0.1) is 0 Å². The van der Waals surface area contributed by atoms with Gasteiger partial charge in [0.25, 0.3) is 11.5 Å². The summed E-state index contributed by atoms with van der Waals surface area (Å²) in [4.78, 5) is 27.9. The van der Waals surface area contributed by atoms with Gasteiger partial charge in [0.15, 0.2) is 5.69 Å². The Bertz CT molecular complexity index is 1080. The van der Waals surface area contributed by atoms with Gasteiger partial charge in [-0.25, -0.2) is 4.68 Å². The third-order valence-corrected chi connectivity index (χ3v) is 5.41. The predicted molar refractivity (Wildman–Crippen MR) is 106 cm³/mol. The maximum absolute atomic E-state index is 13.4. The van der Waals surface area contributed by atoms with Crippen LogP contribution in [0.15, 0.2) is 53.3 Å². The van der Waals surface area contributed by atoms with Crippen molar-refractivity contribution in [3.8, 4) is 0 Å². The molecule has 0 aliphatic heterocycles. The minimum Gasteiger partial charge on any atom is -0.333 e. The number of carbonyl (C=O) groups excluding carboxylic acids is 1. The van der Waals surface area contributed by atoms with Crippen molar-refractivity contribution >= 4 is 16.7 Å². The van der Waals surface area contributed by atoms with Gasteiger partial charge in [0.2, 0.25) is 0 Å². The van der Waals surface area contributed by atoms with Crippen LogP contribution in [0, 0.1) is 0 Å². The van der Waals surface area contributed by atoms with E-state index in [1.165, 1.54) is 15.8 Å². The topological polar surface area (TPSA) is 55.2 Å². The van der Waals surface area contributed by atoms with Gasteiger partial charge in [-0.05, 0) is 43.9 Å². The second-order valence-electron chi connectivity index (χ2n) is 7.41. The van der Waals surface area contributed by atoms with Crippen LogP contribution in [0.4, 0.5) is 0 Å². The highest BCUT2D eigenvalue weighted by molar-refractivity contribution is 6.04. The quantitative estimate of drug-likeness (QED) is 0.714. The van der Waals surface area contributed by atoms with E-state index in [2.05, 4.69) is 17.2 Å². The van der Waals surface area contributed by atoms with E-state index >= 15 is 0 Å². The SMILES string of the molecule is CC(C)n1nc(C(=O)N(C)C2CCc3ccccc32)c2ccccc2c1=O. The molecule has 1 atom stereocenters. The fourth-order valence-electron chi connectivity index (χ4n) is 3.96. The fraction of sp³-hybridized carbons (Fsp3) is 0.318. The van der Waals surface area contributed by atoms with Crippen LogP contribution in [0.3, 0.4) is 0 Å². The number of aryl methyl sites for hydroxylation is 1. The third kappa shape index (κ3) is 2.83. The molecule has 138 valence electrons. The van der Waals surface area contributed by atoms with Gasteiger partial charge < -0.3 is 4.90 Å². The van der Waals surface area contributed by atoms with Gasteiger partial charge in [-0.1, -0.05) is 42.5 Å². The van der Waals surface area contributed by atoms with Crippen molar-refractivity contribution in [2.45, 2.75) is 38.8 Å². The first-order chi connectivity index (χ1) is 13.0. The van der Waals surface area contributed by atoms with E-state index in [-0.39, 0.29) is 23.6 Å². The Labute approximate surface area is 158 Å². The lowest BCUT2D eigenvalue weighted by atomic mass is 10.1. The van der Waals surface area contributed by atoms with E-state index in [9.17, 15) is 9.59 Å². The molecule has 0 saturated carbocycles. The van der Waals surface area contributed by atoms with Crippen molar-refractivity contribution in [3.05, 3.63) is 75.7 Å². The van der Waals surface area contributed by atoms with E-state index < -0.39 is 0 Å². The molecule has 1 aliphatic carbocycles. The summed E-state index contributed by atoms with van der Waals surface area (Å²) in [7, 11) is 1.83. The van der Waals surface area contributed by atoms with Crippen molar-refractivity contribution < 1.29 is 4.79 Å². The van der Waals surface area contributed by atoms with Crippen LogP contribution in [0.5, 0.6) is 0 Å². The molecule has 1 unspecified atom stereocenters. The second-order valence-corrected chi connectivity index (χ2v) is 7.41. The molecule has 0 radical (unpaired) electrons. The van der Waals surface area contributed by atoms with Crippen molar-refractivity contribution in [3.63, 3.8) is 0 Å². The van der Waals surface area contributed by atoms with E-state index in [4.69, 9.17) is 0 Å². The number of fused-ring (bicyclic) bond motifs is 2. The first-order valence-electron chi connectivity index (χ1n) is 9.35. The van der Waals surface area contributed by atoms with Gasteiger partial charge in [0.05, 0.1) is 17.5 Å². The predicted octanol–water partition coefficient (Wildman–Crippen LogP) is 3.74.